The first kappa shape index (κ1) is 34.7. The molecule has 4 aliphatic rings. The molecule has 5 nitrogen and oxygen atoms in total. The van der Waals surface area contributed by atoms with Gasteiger partial charge in [0, 0.05) is 35.2 Å². The van der Waals surface area contributed by atoms with Crippen LogP contribution in [0.4, 0.5) is 0 Å². The molecular weight excluding hydrogens is 733 g/mol. The number of fused-ring (bicyclic) bond motifs is 10. The van der Waals surface area contributed by atoms with Crippen LogP contribution in [-0.4, -0.2) is 10.8 Å². The van der Waals surface area contributed by atoms with Gasteiger partial charge in [0.1, 0.15) is 11.5 Å². The van der Waals surface area contributed by atoms with E-state index in [0.717, 1.165) is 74.8 Å². The normalized spacial score (nSPS) is 17.7. The van der Waals surface area contributed by atoms with E-state index in [1.807, 2.05) is 30.5 Å². The lowest BCUT2D eigenvalue weighted by molar-refractivity contribution is 0.436. The van der Waals surface area contributed by atoms with Crippen LogP contribution in [0, 0.1) is 0 Å². The number of ether oxygens (including phenoxy) is 1. The number of nitrogens with one attached hydrogen (secondary N) is 1. The minimum Gasteiger partial charge on any atom is -0.457 e. The van der Waals surface area contributed by atoms with E-state index in [2.05, 4.69) is 169 Å². The van der Waals surface area contributed by atoms with Gasteiger partial charge >= 0.3 is 0 Å². The minimum atomic E-state index is -0.619. The average molecular weight is 772 g/mol. The summed E-state index contributed by atoms with van der Waals surface area (Å²) in [6, 6.07) is 65.1. The highest BCUT2D eigenvalue weighted by atomic mass is 16.5. The van der Waals surface area contributed by atoms with Crippen molar-refractivity contribution in [2.45, 2.75) is 30.6 Å². The first-order valence-corrected chi connectivity index (χ1v) is 20.8. The van der Waals surface area contributed by atoms with Crippen LogP contribution in [0.25, 0.3) is 33.1 Å². The van der Waals surface area contributed by atoms with Crippen molar-refractivity contribution in [2.75, 3.05) is 0 Å². The number of aromatic nitrogens is 1. The Kier molecular flexibility index (Phi) is 8.03. The molecule has 1 N–H and O–H groups in total. The van der Waals surface area contributed by atoms with Gasteiger partial charge in [-0.1, -0.05) is 158 Å². The van der Waals surface area contributed by atoms with Crippen LogP contribution in [0.15, 0.2) is 199 Å². The summed E-state index contributed by atoms with van der Waals surface area (Å²) >= 11 is 0. The van der Waals surface area contributed by atoms with Gasteiger partial charge < -0.3 is 20.4 Å². The number of hydrogen-bond acceptors (Lipinski definition) is 4. The number of aryl methyl sites for hydroxylation is 1. The predicted octanol–water partition coefficient (Wildman–Crippen LogP) is 12.7. The number of rotatable bonds is 5. The van der Waals surface area contributed by atoms with Crippen LogP contribution in [0.2, 0.25) is 0 Å². The molecule has 2 aliphatic heterocycles. The summed E-state index contributed by atoms with van der Waals surface area (Å²) in [6.45, 7) is 0. The van der Waals surface area contributed by atoms with Gasteiger partial charge in [0.2, 0.25) is 0 Å². The monoisotopic (exact) mass is 771 g/mol. The van der Waals surface area contributed by atoms with Gasteiger partial charge in [-0.2, -0.15) is 0 Å². The molecule has 3 heterocycles. The van der Waals surface area contributed by atoms with Crippen LogP contribution >= 0.6 is 0 Å². The molecule has 286 valence electrons. The van der Waals surface area contributed by atoms with Gasteiger partial charge in [0.25, 0.3) is 0 Å². The van der Waals surface area contributed by atoms with Gasteiger partial charge in [-0.25, -0.2) is 0 Å². The Morgan fingerprint density at radius 1 is 0.550 bits per heavy atom. The van der Waals surface area contributed by atoms with E-state index in [0.29, 0.717) is 0 Å². The Balaban J connectivity index is 1.01. The van der Waals surface area contributed by atoms with Crippen molar-refractivity contribution >= 4 is 11.4 Å². The maximum absolute atomic E-state index is 6.72. The SMILES string of the molecule is C1=C(c2ccc3c(c2)C2(c4ccccc4Oc4ccccc42)c2cc(-c4cccc(C5[N-]C(c6ccccc6)=NC(c6ccccc6)N5)c4)ccc2-3)c2ncccc2CC1. The van der Waals surface area contributed by atoms with Gasteiger partial charge in [-0.3, -0.25) is 4.98 Å². The third-order valence-corrected chi connectivity index (χ3v) is 12.7. The van der Waals surface area contributed by atoms with Gasteiger partial charge in [-0.15, -0.1) is 0 Å². The molecule has 7 aromatic carbocycles. The fourth-order valence-corrected chi connectivity index (χ4v) is 9.96. The van der Waals surface area contributed by atoms with Crippen LogP contribution in [0.3, 0.4) is 0 Å². The quantitative estimate of drug-likeness (QED) is 0.190. The summed E-state index contributed by atoms with van der Waals surface area (Å²) in [4.78, 5) is 10.00. The van der Waals surface area contributed by atoms with E-state index in [1.165, 1.54) is 39.0 Å². The topological polar surface area (TPSA) is 60.6 Å². The number of para-hydroxylation sites is 2. The van der Waals surface area contributed by atoms with E-state index < -0.39 is 5.41 Å². The van der Waals surface area contributed by atoms with Crippen molar-refractivity contribution in [1.29, 1.82) is 0 Å². The fraction of sp³-hybridized carbons (Fsp3) is 0.0909. The molecule has 60 heavy (non-hydrogen) atoms. The number of aliphatic imine (C=N–C) groups is 1. The molecule has 12 rings (SSSR count). The van der Waals surface area contributed by atoms with Crippen molar-refractivity contribution in [3.8, 4) is 33.8 Å². The van der Waals surface area contributed by atoms with E-state index in [9.17, 15) is 0 Å². The molecule has 1 spiro atoms. The second-order valence-electron chi connectivity index (χ2n) is 16.0. The number of hydrogen-bond donors (Lipinski definition) is 1. The van der Waals surface area contributed by atoms with Gasteiger partial charge in [0.05, 0.1) is 11.1 Å². The van der Waals surface area contributed by atoms with Crippen molar-refractivity contribution in [1.82, 2.24) is 10.3 Å². The lowest BCUT2D eigenvalue weighted by Crippen LogP contribution is -2.32. The summed E-state index contributed by atoms with van der Waals surface area (Å²) in [5.74, 6) is 2.51. The largest absolute Gasteiger partial charge is 0.457 e. The highest BCUT2D eigenvalue weighted by Crippen LogP contribution is 2.62. The first-order valence-electron chi connectivity index (χ1n) is 20.8. The van der Waals surface area contributed by atoms with E-state index in [-0.39, 0.29) is 12.3 Å². The summed E-state index contributed by atoms with van der Waals surface area (Å²) in [7, 11) is 0. The number of nitrogens with zero attached hydrogens (tertiary/aromatic N) is 3. The average Bonchev–Trinajstić information content (AvgIpc) is 3.61. The van der Waals surface area contributed by atoms with E-state index >= 15 is 0 Å². The van der Waals surface area contributed by atoms with Crippen LogP contribution in [-0.2, 0) is 11.8 Å². The van der Waals surface area contributed by atoms with E-state index in [1.54, 1.807) is 0 Å². The Bertz CT molecular complexity index is 3000. The molecule has 1 aromatic heterocycles. The maximum Gasteiger partial charge on any atom is 0.132 e. The van der Waals surface area contributed by atoms with Crippen molar-refractivity contribution in [3.05, 3.63) is 255 Å². The number of benzene rings is 7. The van der Waals surface area contributed by atoms with Crippen molar-refractivity contribution in [2.24, 2.45) is 4.99 Å². The third kappa shape index (κ3) is 5.43. The lowest BCUT2D eigenvalue weighted by Gasteiger charge is -2.40. The molecule has 0 amide bonds. The van der Waals surface area contributed by atoms with Gasteiger partial charge in [0.15, 0.2) is 0 Å². The fourth-order valence-electron chi connectivity index (χ4n) is 9.96. The highest BCUT2D eigenvalue weighted by Gasteiger charge is 2.51. The third-order valence-electron chi connectivity index (χ3n) is 12.7. The Morgan fingerprint density at radius 3 is 1.95 bits per heavy atom. The maximum atomic E-state index is 6.72. The number of amidine groups is 1. The second kappa shape index (κ2) is 13.9. The summed E-state index contributed by atoms with van der Waals surface area (Å²) in [5.41, 5.74) is 16.9. The smallest absolute Gasteiger partial charge is 0.132 e. The van der Waals surface area contributed by atoms with Crippen molar-refractivity contribution < 1.29 is 4.74 Å². The number of allylic oxidation sites excluding steroid dienone is 1. The highest BCUT2D eigenvalue weighted by molar-refractivity contribution is 6.09. The van der Waals surface area contributed by atoms with Crippen LogP contribution in [0.1, 0.15) is 74.5 Å². The molecule has 5 heteroatoms. The minimum absolute atomic E-state index is 0.238. The van der Waals surface area contributed by atoms with Crippen LogP contribution < -0.4 is 10.1 Å². The molecule has 0 radical (unpaired) electrons. The standard InChI is InChI=1S/C55H39N4O/c1-3-14-36(15-4-1)52-57-53(37-16-5-2-6-17-37)59-54(58-52)41-20-11-19-38(32-41)39-27-29-43-44-30-28-40(42-22-12-18-35-21-13-31-56-51(35)42)34-48(44)55(47(43)33-39)45-23-7-9-25-49(45)60-50-26-10-8-24-46(50)55/h1-11,13-17,19-34,52,54,58H,12,18H2/q-1. The summed E-state index contributed by atoms with van der Waals surface area (Å²) < 4.78 is 6.72. The molecule has 0 saturated carbocycles. The van der Waals surface area contributed by atoms with Crippen LogP contribution in [0.5, 0.6) is 11.5 Å². The Morgan fingerprint density at radius 2 is 1.18 bits per heavy atom. The molecule has 0 fully saturated rings. The van der Waals surface area contributed by atoms with Gasteiger partial charge in [-0.05, 0) is 110 Å². The zero-order valence-corrected chi connectivity index (χ0v) is 32.8. The van der Waals surface area contributed by atoms with E-state index in [4.69, 9.17) is 20.0 Å². The molecular formula is C55H39N4O-. The summed E-state index contributed by atoms with van der Waals surface area (Å²) in [6.07, 6.45) is 5.75. The second-order valence-corrected chi connectivity index (χ2v) is 16.0. The molecule has 0 saturated heterocycles. The summed E-state index contributed by atoms with van der Waals surface area (Å²) in [5, 5.41) is 8.96. The molecule has 2 atom stereocenters. The number of pyridine rings is 1. The Hall–Kier alpha value is -7.34. The Labute approximate surface area is 349 Å². The van der Waals surface area contributed by atoms with Crippen molar-refractivity contribution in [3.63, 3.8) is 0 Å². The molecule has 8 aromatic rings. The zero-order valence-electron chi connectivity index (χ0n) is 32.8. The first-order chi connectivity index (χ1) is 29.7. The predicted molar refractivity (Wildman–Crippen MR) is 240 cm³/mol. The molecule has 2 unspecified atom stereocenters. The lowest BCUT2D eigenvalue weighted by atomic mass is 9.65. The molecule has 2 aliphatic carbocycles. The molecule has 0 bridgehead atoms. The zero-order chi connectivity index (χ0) is 39.6.